The highest BCUT2D eigenvalue weighted by molar-refractivity contribution is 5.94. The number of ether oxygens (including phenoxy) is 2. The summed E-state index contributed by atoms with van der Waals surface area (Å²) in [6.07, 6.45) is -3.64. The van der Waals surface area contributed by atoms with E-state index in [2.05, 4.69) is 10.1 Å². The van der Waals surface area contributed by atoms with Gasteiger partial charge in [0, 0.05) is 17.7 Å². The Morgan fingerprint density at radius 1 is 0.837 bits per heavy atom. The first-order valence-corrected chi connectivity index (χ1v) is 13.8. The Morgan fingerprint density at radius 2 is 1.51 bits per heavy atom. The van der Waals surface area contributed by atoms with Gasteiger partial charge in [-0.3, -0.25) is 9.59 Å². The second-order valence-electron chi connectivity index (χ2n) is 10.2. The molecular weight excluding hydrogens is 559 g/mol. The number of carbonyl (C=O) groups excluding carboxylic acids is 1. The number of nitrogens with one attached hydrogen (secondary N) is 1. The van der Waals surface area contributed by atoms with Crippen LogP contribution in [0.5, 0.6) is 11.5 Å². The number of hydrogen-bond donors (Lipinski definition) is 2. The number of hydrogen-bond acceptors (Lipinski definition) is 4. The van der Waals surface area contributed by atoms with Crippen LogP contribution in [-0.4, -0.2) is 36.0 Å². The molecule has 0 saturated heterocycles. The van der Waals surface area contributed by atoms with Crippen molar-refractivity contribution in [3.8, 4) is 33.8 Å². The van der Waals surface area contributed by atoms with Gasteiger partial charge < -0.3 is 19.9 Å². The fraction of sp³-hybridized carbons (Fsp3) is 0.235. The van der Waals surface area contributed by atoms with Gasteiger partial charge in [-0.2, -0.15) is 0 Å². The second kappa shape index (κ2) is 13.9. The zero-order valence-electron chi connectivity index (χ0n) is 23.8. The van der Waals surface area contributed by atoms with Gasteiger partial charge in [-0.25, -0.2) is 0 Å². The Hall–Kier alpha value is -4.79. The number of rotatable bonds is 12. The van der Waals surface area contributed by atoms with Gasteiger partial charge in [0.15, 0.2) is 0 Å². The van der Waals surface area contributed by atoms with Gasteiger partial charge in [0.1, 0.15) is 11.5 Å². The summed E-state index contributed by atoms with van der Waals surface area (Å²) < 4.78 is 48.0. The van der Waals surface area contributed by atoms with Gasteiger partial charge in [0.2, 0.25) is 0 Å². The SMILES string of the molecule is CC(C)Oc1ccccc1-c1ccc(-c2ccc(OC(F)(F)F)cc2)cc1CCc1ccc(C(=O)NCCC(=O)O)cc1. The Kier molecular flexibility index (Phi) is 10.1. The molecule has 0 aliphatic heterocycles. The van der Waals surface area contributed by atoms with Crippen LogP contribution in [0.4, 0.5) is 13.2 Å². The minimum absolute atomic E-state index is 0.0267. The quantitative estimate of drug-likeness (QED) is 0.176. The maximum absolute atomic E-state index is 12.6. The van der Waals surface area contributed by atoms with Crippen LogP contribution >= 0.6 is 0 Å². The Bertz CT molecular complexity index is 1550. The highest BCUT2D eigenvalue weighted by atomic mass is 19.4. The first kappa shape index (κ1) is 31.2. The average molecular weight is 592 g/mol. The van der Waals surface area contributed by atoms with Crippen LogP contribution in [0.3, 0.4) is 0 Å². The predicted molar refractivity (Wildman–Crippen MR) is 158 cm³/mol. The van der Waals surface area contributed by atoms with Gasteiger partial charge in [-0.15, -0.1) is 13.2 Å². The highest BCUT2D eigenvalue weighted by Crippen LogP contribution is 2.36. The van der Waals surface area contributed by atoms with Crippen molar-refractivity contribution in [3.63, 3.8) is 0 Å². The molecule has 0 heterocycles. The molecule has 0 bridgehead atoms. The minimum atomic E-state index is -4.76. The molecule has 2 N–H and O–H groups in total. The van der Waals surface area contributed by atoms with Crippen LogP contribution in [0.1, 0.15) is 41.8 Å². The molecule has 0 radical (unpaired) electrons. The van der Waals surface area contributed by atoms with Crippen molar-refractivity contribution < 1.29 is 37.3 Å². The molecule has 4 aromatic rings. The lowest BCUT2D eigenvalue weighted by atomic mass is 9.91. The van der Waals surface area contributed by atoms with E-state index in [9.17, 15) is 22.8 Å². The summed E-state index contributed by atoms with van der Waals surface area (Å²) in [6.45, 7) is 3.97. The molecule has 0 aromatic heterocycles. The molecule has 0 unspecified atom stereocenters. The van der Waals surface area contributed by atoms with E-state index in [-0.39, 0.29) is 30.7 Å². The van der Waals surface area contributed by atoms with E-state index < -0.39 is 12.3 Å². The molecule has 0 atom stereocenters. The Balaban J connectivity index is 1.60. The predicted octanol–water partition coefficient (Wildman–Crippen LogP) is 7.70. The van der Waals surface area contributed by atoms with Crippen molar-refractivity contribution in [1.82, 2.24) is 5.32 Å². The van der Waals surface area contributed by atoms with E-state index in [4.69, 9.17) is 9.84 Å². The molecule has 0 fully saturated rings. The van der Waals surface area contributed by atoms with Crippen molar-refractivity contribution in [2.45, 2.75) is 45.6 Å². The van der Waals surface area contributed by atoms with Gasteiger partial charge in [0.25, 0.3) is 5.91 Å². The summed E-state index contributed by atoms with van der Waals surface area (Å²) in [4.78, 5) is 23.0. The average Bonchev–Trinajstić information content (AvgIpc) is 2.96. The molecule has 1 amide bonds. The van der Waals surface area contributed by atoms with Crippen LogP contribution < -0.4 is 14.8 Å². The lowest BCUT2D eigenvalue weighted by Crippen LogP contribution is -2.25. The topological polar surface area (TPSA) is 84.9 Å². The van der Waals surface area contributed by atoms with Crippen molar-refractivity contribution in [2.24, 2.45) is 0 Å². The number of carbonyl (C=O) groups is 2. The zero-order valence-corrected chi connectivity index (χ0v) is 23.8. The largest absolute Gasteiger partial charge is 0.573 e. The normalized spacial score (nSPS) is 11.3. The van der Waals surface area contributed by atoms with E-state index in [0.717, 1.165) is 39.1 Å². The summed E-state index contributed by atoms with van der Waals surface area (Å²) in [7, 11) is 0. The van der Waals surface area contributed by atoms with Gasteiger partial charge in [-0.05, 0) is 84.8 Å². The molecule has 4 rings (SSSR count). The van der Waals surface area contributed by atoms with Crippen molar-refractivity contribution in [1.29, 1.82) is 0 Å². The van der Waals surface area contributed by atoms with Gasteiger partial charge in [0.05, 0.1) is 12.5 Å². The fourth-order valence-corrected chi connectivity index (χ4v) is 4.62. The maximum Gasteiger partial charge on any atom is 0.573 e. The van der Waals surface area contributed by atoms with Gasteiger partial charge in [-0.1, -0.05) is 60.7 Å². The molecule has 4 aromatic carbocycles. The van der Waals surface area contributed by atoms with Crippen molar-refractivity contribution >= 4 is 11.9 Å². The standard InChI is InChI=1S/C34H32F3NO5/c1-22(2)42-31-6-4-3-5-30(31)29-18-15-26(24-13-16-28(17-14-24)43-34(35,36)37)21-27(29)12-9-23-7-10-25(11-8-23)33(41)38-20-19-32(39)40/h3-8,10-11,13-18,21-22H,9,12,19-20H2,1-2H3,(H,38,41)(H,39,40). The van der Waals surface area contributed by atoms with Crippen LogP contribution in [-0.2, 0) is 17.6 Å². The minimum Gasteiger partial charge on any atom is -0.490 e. The van der Waals surface area contributed by atoms with Crippen LogP contribution in [0, 0.1) is 0 Å². The monoisotopic (exact) mass is 591 g/mol. The second-order valence-corrected chi connectivity index (χ2v) is 10.2. The number of para-hydroxylation sites is 1. The zero-order chi connectivity index (χ0) is 31.0. The third kappa shape index (κ3) is 9.10. The van der Waals surface area contributed by atoms with Crippen LogP contribution in [0.25, 0.3) is 22.3 Å². The molecule has 0 saturated carbocycles. The number of amides is 1. The summed E-state index contributed by atoms with van der Waals surface area (Å²) in [5.41, 5.74) is 5.95. The fourth-order valence-electron chi connectivity index (χ4n) is 4.62. The Labute approximate surface area is 248 Å². The van der Waals surface area contributed by atoms with Crippen LogP contribution in [0.15, 0.2) is 91.0 Å². The summed E-state index contributed by atoms with van der Waals surface area (Å²) in [6, 6.07) is 26.7. The number of benzene rings is 4. The van der Waals surface area contributed by atoms with Crippen molar-refractivity contribution in [3.05, 3.63) is 108 Å². The molecular formula is C34H32F3NO5. The van der Waals surface area contributed by atoms with E-state index >= 15 is 0 Å². The maximum atomic E-state index is 12.6. The first-order valence-electron chi connectivity index (χ1n) is 13.8. The summed E-state index contributed by atoms with van der Waals surface area (Å²) >= 11 is 0. The summed E-state index contributed by atoms with van der Waals surface area (Å²) in [5.74, 6) is -0.855. The number of carboxylic acids is 1. The number of aryl methyl sites for hydroxylation is 2. The number of halogens is 3. The smallest absolute Gasteiger partial charge is 0.490 e. The molecule has 0 aliphatic carbocycles. The summed E-state index contributed by atoms with van der Waals surface area (Å²) in [5, 5.41) is 11.4. The Morgan fingerprint density at radius 3 is 2.16 bits per heavy atom. The van der Waals surface area contributed by atoms with E-state index in [1.165, 1.54) is 12.1 Å². The molecule has 224 valence electrons. The highest BCUT2D eigenvalue weighted by Gasteiger charge is 2.31. The molecule has 6 nitrogen and oxygen atoms in total. The molecule has 9 heteroatoms. The molecule has 0 spiro atoms. The van der Waals surface area contributed by atoms with Crippen molar-refractivity contribution in [2.75, 3.05) is 6.54 Å². The van der Waals surface area contributed by atoms with E-state index in [0.29, 0.717) is 18.4 Å². The van der Waals surface area contributed by atoms with Gasteiger partial charge >= 0.3 is 12.3 Å². The van der Waals surface area contributed by atoms with E-state index in [1.54, 1.807) is 24.3 Å². The first-order chi connectivity index (χ1) is 20.5. The number of carboxylic acid groups (broad SMARTS) is 1. The third-order valence-electron chi connectivity index (χ3n) is 6.59. The number of alkyl halides is 3. The molecule has 43 heavy (non-hydrogen) atoms. The third-order valence-corrected chi connectivity index (χ3v) is 6.59. The lowest BCUT2D eigenvalue weighted by molar-refractivity contribution is -0.274. The lowest BCUT2D eigenvalue weighted by Gasteiger charge is -2.18. The number of aliphatic carboxylic acids is 1. The van der Waals surface area contributed by atoms with E-state index in [1.807, 2.05) is 68.4 Å². The van der Waals surface area contributed by atoms with Crippen LogP contribution in [0.2, 0.25) is 0 Å². The molecule has 0 aliphatic rings.